The first-order chi connectivity index (χ1) is 7.96. The van der Waals surface area contributed by atoms with E-state index in [-0.39, 0.29) is 5.54 Å². The highest BCUT2D eigenvalue weighted by molar-refractivity contribution is 4.91. The van der Waals surface area contributed by atoms with E-state index < -0.39 is 0 Å². The minimum atomic E-state index is 0.229. The molecule has 0 radical (unpaired) electrons. The van der Waals surface area contributed by atoms with Gasteiger partial charge in [0.1, 0.15) is 0 Å². The highest BCUT2D eigenvalue weighted by atomic mass is 16.5. The Morgan fingerprint density at radius 3 is 2.88 bits per heavy atom. The van der Waals surface area contributed by atoms with Crippen LogP contribution in [0, 0.1) is 0 Å². The van der Waals surface area contributed by atoms with Gasteiger partial charge in [-0.15, -0.1) is 0 Å². The molecular formula is C13H27N3O. The van der Waals surface area contributed by atoms with Crippen LogP contribution in [0.15, 0.2) is 0 Å². The van der Waals surface area contributed by atoms with E-state index in [0.717, 1.165) is 39.3 Å². The first kappa shape index (κ1) is 13.3. The SMILES string of the molecule is CC1CNC(C)(C)CN1CC1CN(C)CCO1. The third-order valence-electron chi connectivity index (χ3n) is 3.88. The molecule has 2 rings (SSSR count). The van der Waals surface area contributed by atoms with Crippen molar-refractivity contribution in [2.45, 2.75) is 38.5 Å². The lowest BCUT2D eigenvalue weighted by molar-refractivity contribution is -0.0486. The van der Waals surface area contributed by atoms with Crippen molar-refractivity contribution in [3.8, 4) is 0 Å². The summed E-state index contributed by atoms with van der Waals surface area (Å²) in [6.45, 7) is 13.1. The quantitative estimate of drug-likeness (QED) is 0.757. The molecule has 0 aromatic heterocycles. The summed E-state index contributed by atoms with van der Waals surface area (Å²) in [6.07, 6.45) is 0.380. The van der Waals surface area contributed by atoms with Crippen molar-refractivity contribution in [2.24, 2.45) is 0 Å². The Morgan fingerprint density at radius 2 is 2.18 bits per heavy atom. The minimum absolute atomic E-state index is 0.229. The maximum Gasteiger partial charge on any atom is 0.0829 e. The van der Waals surface area contributed by atoms with Gasteiger partial charge in [0, 0.05) is 44.3 Å². The van der Waals surface area contributed by atoms with Gasteiger partial charge in [0.05, 0.1) is 12.7 Å². The Kier molecular flexibility index (Phi) is 4.08. The molecule has 2 fully saturated rings. The fourth-order valence-electron chi connectivity index (χ4n) is 2.76. The standard InChI is InChI=1S/C13H27N3O/c1-11-7-14-13(2,3)10-16(11)9-12-8-15(4)5-6-17-12/h11-12,14H,5-10H2,1-4H3. The summed E-state index contributed by atoms with van der Waals surface area (Å²) in [6, 6.07) is 0.610. The minimum Gasteiger partial charge on any atom is -0.374 e. The first-order valence-electron chi connectivity index (χ1n) is 6.75. The largest absolute Gasteiger partial charge is 0.374 e. The summed E-state index contributed by atoms with van der Waals surface area (Å²) >= 11 is 0. The van der Waals surface area contributed by atoms with Gasteiger partial charge in [0.25, 0.3) is 0 Å². The van der Waals surface area contributed by atoms with Crippen LogP contribution in [0.2, 0.25) is 0 Å². The van der Waals surface area contributed by atoms with Crippen LogP contribution in [0.3, 0.4) is 0 Å². The second-order valence-corrected chi connectivity index (χ2v) is 6.30. The summed E-state index contributed by atoms with van der Waals surface area (Å²) in [4.78, 5) is 4.94. The van der Waals surface area contributed by atoms with E-state index in [0.29, 0.717) is 12.1 Å². The number of morpholine rings is 1. The zero-order valence-corrected chi connectivity index (χ0v) is 11.7. The highest BCUT2D eigenvalue weighted by Gasteiger charge is 2.32. The van der Waals surface area contributed by atoms with Gasteiger partial charge >= 0.3 is 0 Å². The zero-order valence-electron chi connectivity index (χ0n) is 11.7. The third-order valence-corrected chi connectivity index (χ3v) is 3.88. The van der Waals surface area contributed by atoms with Crippen LogP contribution in [0.25, 0.3) is 0 Å². The highest BCUT2D eigenvalue weighted by Crippen LogP contribution is 2.16. The molecule has 17 heavy (non-hydrogen) atoms. The zero-order chi connectivity index (χ0) is 12.5. The van der Waals surface area contributed by atoms with Gasteiger partial charge in [-0.2, -0.15) is 0 Å². The molecule has 2 aliphatic heterocycles. The molecule has 0 spiro atoms. The first-order valence-corrected chi connectivity index (χ1v) is 6.75. The van der Waals surface area contributed by atoms with Gasteiger partial charge in [-0.1, -0.05) is 0 Å². The number of hydrogen-bond donors (Lipinski definition) is 1. The van der Waals surface area contributed by atoms with Crippen LogP contribution in [0.5, 0.6) is 0 Å². The van der Waals surface area contributed by atoms with E-state index in [4.69, 9.17) is 4.74 Å². The molecule has 0 amide bonds. The number of nitrogens with one attached hydrogen (secondary N) is 1. The normalized spacial score (nSPS) is 36.0. The predicted octanol–water partition coefficient (Wildman–Crippen LogP) is 0.389. The van der Waals surface area contributed by atoms with Gasteiger partial charge in [-0.25, -0.2) is 0 Å². The average molecular weight is 241 g/mol. The Labute approximate surface area is 105 Å². The van der Waals surface area contributed by atoms with Gasteiger partial charge in [0.15, 0.2) is 0 Å². The molecule has 2 atom stereocenters. The molecule has 0 aliphatic carbocycles. The summed E-state index contributed by atoms with van der Waals surface area (Å²) in [7, 11) is 2.18. The Balaban J connectivity index is 1.88. The maximum absolute atomic E-state index is 5.86. The Hall–Kier alpha value is -0.160. The molecule has 4 nitrogen and oxygen atoms in total. The van der Waals surface area contributed by atoms with Crippen molar-refractivity contribution in [3.63, 3.8) is 0 Å². The van der Waals surface area contributed by atoms with Crippen molar-refractivity contribution in [1.82, 2.24) is 15.1 Å². The molecule has 2 aliphatic rings. The molecule has 2 unspecified atom stereocenters. The van der Waals surface area contributed by atoms with Crippen molar-refractivity contribution in [2.75, 3.05) is 46.4 Å². The number of rotatable bonds is 2. The number of ether oxygens (including phenoxy) is 1. The van der Waals surface area contributed by atoms with E-state index >= 15 is 0 Å². The number of likely N-dealkylation sites (N-methyl/N-ethyl adjacent to an activating group) is 1. The van der Waals surface area contributed by atoms with Crippen LogP contribution in [-0.4, -0.2) is 73.9 Å². The van der Waals surface area contributed by atoms with Crippen molar-refractivity contribution < 1.29 is 4.74 Å². The van der Waals surface area contributed by atoms with Crippen LogP contribution in [0.1, 0.15) is 20.8 Å². The molecule has 0 aromatic carbocycles. The van der Waals surface area contributed by atoms with E-state index in [1.807, 2.05) is 0 Å². The van der Waals surface area contributed by atoms with Gasteiger partial charge in [-0.3, -0.25) is 4.90 Å². The topological polar surface area (TPSA) is 27.7 Å². The fourth-order valence-corrected chi connectivity index (χ4v) is 2.76. The van der Waals surface area contributed by atoms with Crippen molar-refractivity contribution in [1.29, 1.82) is 0 Å². The number of nitrogens with zero attached hydrogens (tertiary/aromatic N) is 2. The van der Waals surface area contributed by atoms with Gasteiger partial charge < -0.3 is 15.0 Å². The van der Waals surface area contributed by atoms with Crippen molar-refractivity contribution in [3.05, 3.63) is 0 Å². The van der Waals surface area contributed by atoms with E-state index in [1.54, 1.807) is 0 Å². The molecule has 0 bridgehead atoms. The lowest BCUT2D eigenvalue weighted by Gasteiger charge is -2.45. The maximum atomic E-state index is 5.86. The Morgan fingerprint density at radius 1 is 1.41 bits per heavy atom. The second kappa shape index (κ2) is 5.22. The van der Waals surface area contributed by atoms with Crippen LogP contribution >= 0.6 is 0 Å². The van der Waals surface area contributed by atoms with Crippen LogP contribution in [0.4, 0.5) is 0 Å². The molecule has 0 saturated carbocycles. The van der Waals surface area contributed by atoms with Crippen LogP contribution in [-0.2, 0) is 4.74 Å². The lowest BCUT2D eigenvalue weighted by atomic mass is 9.99. The summed E-state index contributed by atoms with van der Waals surface area (Å²) in [5, 5.41) is 3.59. The monoisotopic (exact) mass is 241 g/mol. The second-order valence-electron chi connectivity index (χ2n) is 6.30. The molecular weight excluding hydrogens is 214 g/mol. The Bertz CT molecular complexity index is 257. The number of hydrogen-bond acceptors (Lipinski definition) is 4. The number of piperazine rings is 1. The molecule has 0 aromatic rings. The molecule has 100 valence electrons. The molecule has 2 heterocycles. The third kappa shape index (κ3) is 3.65. The fraction of sp³-hybridized carbons (Fsp3) is 1.00. The van der Waals surface area contributed by atoms with Gasteiger partial charge in [-0.05, 0) is 27.8 Å². The summed E-state index contributed by atoms with van der Waals surface area (Å²) < 4.78 is 5.86. The van der Waals surface area contributed by atoms with Crippen molar-refractivity contribution >= 4 is 0 Å². The molecule has 2 saturated heterocycles. The summed E-state index contributed by atoms with van der Waals surface area (Å²) in [5.41, 5.74) is 0.229. The van der Waals surface area contributed by atoms with E-state index in [1.165, 1.54) is 0 Å². The smallest absolute Gasteiger partial charge is 0.0829 e. The van der Waals surface area contributed by atoms with Crippen LogP contribution < -0.4 is 5.32 Å². The lowest BCUT2D eigenvalue weighted by Crippen LogP contribution is -2.62. The predicted molar refractivity (Wildman–Crippen MR) is 70.4 cm³/mol. The van der Waals surface area contributed by atoms with Gasteiger partial charge in [0.2, 0.25) is 0 Å². The average Bonchev–Trinajstić information content (AvgIpc) is 2.23. The van der Waals surface area contributed by atoms with E-state index in [9.17, 15) is 0 Å². The summed E-state index contributed by atoms with van der Waals surface area (Å²) in [5.74, 6) is 0. The van der Waals surface area contributed by atoms with E-state index in [2.05, 4.69) is 42.9 Å². The molecule has 1 N–H and O–H groups in total. The molecule has 4 heteroatoms.